The van der Waals surface area contributed by atoms with Gasteiger partial charge in [-0.15, -0.1) is 0 Å². The van der Waals surface area contributed by atoms with Crippen LogP contribution >= 0.6 is 0 Å². The molecule has 3 nitrogen and oxygen atoms in total. The van der Waals surface area contributed by atoms with Gasteiger partial charge in [-0.05, 0) is 42.0 Å². The zero-order valence-corrected chi connectivity index (χ0v) is 13.3. The minimum atomic E-state index is -0.148. The molecule has 2 rings (SSSR count). The lowest BCUT2D eigenvalue weighted by molar-refractivity contribution is 0.252. The number of carbonyl (C=O) groups is 1. The fraction of sp³-hybridized carbons (Fsp3) is 0.316. The minimum absolute atomic E-state index is 0.148. The summed E-state index contributed by atoms with van der Waals surface area (Å²) in [6, 6.07) is 18.1. The lowest BCUT2D eigenvalue weighted by atomic mass is 10.0. The number of urea groups is 1. The molecule has 22 heavy (non-hydrogen) atoms. The van der Waals surface area contributed by atoms with Gasteiger partial charge >= 0.3 is 6.03 Å². The van der Waals surface area contributed by atoms with E-state index in [4.69, 9.17) is 0 Å². The molecule has 0 atom stereocenters. The lowest BCUT2D eigenvalue weighted by Gasteiger charge is -2.09. The summed E-state index contributed by atoms with van der Waals surface area (Å²) in [6.07, 6.45) is 1.91. The minimum Gasteiger partial charge on any atom is -0.338 e. The van der Waals surface area contributed by atoms with Crippen molar-refractivity contribution >= 4 is 11.7 Å². The zero-order valence-electron chi connectivity index (χ0n) is 13.3. The van der Waals surface area contributed by atoms with Gasteiger partial charge in [0.2, 0.25) is 0 Å². The first kappa shape index (κ1) is 16.1. The Bertz CT molecular complexity index is 576. The second kappa shape index (κ2) is 8.23. The molecule has 0 aliphatic heterocycles. The maximum Gasteiger partial charge on any atom is 0.319 e. The Labute approximate surface area is 132 Å². The van der Waals surface area contributed by atoms with Gasteiger partial charge in [0.15, 0.2) is 0 Å². The summed E-state index contributed by atoms with van der Waals surface area (Å²) in [5.74, 6) is 0.501. The van der Waals surface area contributed by atoms with E-state index < -0.39 is 0 Å². The molecule has 0 saturated carbocycles. The SMILES string of the molecule is CC(C)c1ccc(NC(=O)NCCCc2ccccc2)cc1. The third-order valence-electron chi connectivity index (χ3n) is 3.61. The molecule has 0 aliphatic rings. The number of hydrogen-bond donors (Lipinski definition) is 2. The van der Waals surface area contributed by atoms with Gasteiger partial charge in [0.05, 0.1) is 0 Å². The molecule has 0 unspecified atom stereocenters. The van der Waals surface area contributed by atoms with Crippen LogP contribution in [-0.4, -0.2) is 12.6 Å². The first-order valence-electron chi connectivity index (χ1n) is 7.84. The summed E-state index contributed by atoms with van der Waals surface area (Å²) < 4.78 is 0. The highest BCUT2D eigenvalue weighted by molar-refractivity contribution is 5.89. The average molecular weight is 296 g/mol. The molecule has 0 aliphatic carbocycles. The van der Waals surface area contributed by atoms with E-state index in [2.05, 4.69) is 48.7 Å². The Balaban J connectivity index is 1.69. The first-order valence-corrected chi connectivity index (χ1v) is 7.84. The van der Waals surface area contributed by atoms with Crippen molar-refractivity contribution in [3.8, 4) is 0 Å². The molecule has 0 fully saturated rings. The van der Waals surface area contributed by atoms with Crippen molar-refractivity contribution in [1.82, 2.24) is 5.32 Å². The van der Waals surface area contributed by atoms with E-state index in [9.17, 15) is 4.79 Å². The van der Waals surface area contributed by atoms with Crippen LogP contribution in [0.25, 0.3) is 0 Å². The predicted octanol–water partition coefficient (Wildman–Crippen LogP) is 4.56. The highest BCUT2D eigenvalue weighted by atomic mass is 16.2. The lowest BCUT2D eigenvalue weighted by Crippen LogP contribution is -2.29. The summed E-state index contributed by atoms with van der Waals surface area (Å²) in [6.45, 7) is 4.98. The Morgan fingerprint density at radius 3 is 2.32 bits per heavy atom. The number of benzene rings is 2. The number of anilines is 1. The van der Waals surface area contributed by atoms with E-state index in [-0.39, 0.29) is 6.03 Å². The van der Waals surface area contributed by atoms with Crippen molar-refractivity contribution in [2.45, 2.75) is 32.6 Å². The van der Waals surface area contributed by atoms with Crippen molar-refractivity contribution in [3.63, 3.8) is 0 Å². The van der Waals surface area contributed by atoms with Crippen LogP contribution in [0.3, 0.4) is 0 Å². The largest absolute Gasteiger partial charge is 0.338 e. The molecule has 0 heterocycles. The molecule has 2 amide bonds. The quantitative estimate of drug-likeness (QED) is 0.754. The third kappa shape index (κ3) is 5.24. The summed E-state index contributed by atoms with van der Waals surface area (Å²) >= 11 is 0. The van der Waals surface area contributed by atoms with Crippen LogP contribution in [0.2, 0.25) is 0 Å². The van der Waals surface area contributed by atoms with E-state index in [1.165, 1.54) is 11.1 Å². The molecule has 0 bridgehead atoms. The third-order valence-corrected chi connectivity index (χ3v) is 3.61. The zero-order chi connectivity index (χ0) is 15.8. The summed E-state index contributed by atoms with van der Waals surface area (Å²) in [4.78, 5) is 11.8. The van der Waals surface area contributed by atoms with Crippen LogP contribution in [0.4, 0.5) is 10.5 Å². The number of hydrogen-bond acceptors (Lipinski definition) is 1. The van der Waals surface area contributed by atoms with Gasteiger partial charge in [0.1, 0.15) is 0 Å². The summed E-state index contributed by atoms with van der Waals surface area (Å²) in [5.41, 5.74) is 3.40. The van der Waals surface area contributed by atoms with Gasteiger partial charge in [-0.25, -0.2) is 4.79 Å². The Morgan fingerprint density at radius 1 is 1.00 bits per heavy atom. The van der Waals surface area contributed by atoms with Crippen LogP contribution in [0.1, 0.15) is 37.3 Å². The Hall–Kier alpha value is -2.29. The monoisotopic (exact) mass is 296 g/mol. The standard InChI is InChI=1S/C19H24N2O/c1-15(2)17-10-12-18(13-11-17)21-19(22)20-14-6-9-16-7-4-3-5-8-16/h3-5,7-8,10-13,15H,6,9,14H2,1-2H3,(H2,20,21,22). The fourth-order valence-corrected chi connectivity index (χ4v) is 2.27. The van der Waals surface area contributed by atoms with Crippen LogP contribution in [0.5, 0.6) is 0 Å². The molecule has 2 aromatic carbocycles. The number of carbonyl (C=O) groups excluding carboxylic acids is 1. The molecule has 116 valence electrons. The molecule has 3 heteroatoms. The van der Waals surface area contributed by atoms with Crippen LogP contribution < -0.4 is 10.6 Å². The van der Waals surface area contributed by atoms with Crippen LogP contribution in [-0.2, 0) is 6.42 Å². The normalized spacial score (nSPS) is 10.5. The number of aryl methyl sites for hydroxylation is 1. The maximum absolute atomic E-state index is 11.8. The average Bonchev–Trinajstić information content (AvgIpc) is 2.53. The van der Waals surface area contributed by atoms with Gasteiger partial charge in [0.25, 0.3) is 0 Å². The summed E-state index contributed by atoms with van der Waals surface area (Å²) in [5, 5.41) is 5.75. The molecule has 2 N–H and O–H groups in total. The number of rotatable bonds is 6. The van der Waals surface area contributed by atoms with Gasteiger partial charge in [-0.2, -0.15) is 0 Å². The van der Waals surface area contributed by atoms with Gasteiger partial charge in [0, 0.05) is 12.2 Å². The highest BCUT2D eigenvalue weighted by Crippen LogP contribution is 2.16. The van der Waals surface area contributed by atoms with Crippen LogP contribution in [0.15, 0.2) is 54.6 Å². The predicted molar refractivity (Wildman–Crippen MR) is 92.3 cm³/mol. The maximum atomic E-state index is 11.8. The Morgan fingerprint density at radius 2 is 1.68 bits per heavy atom. The van der Waals surface area contributed by atoms with Gasteiger partial charge in [-0.3, -0.25) is 0 Å². The van der Waals surface area contributed by atoms with E-state index in [1.54, 1.807) is 0 Å². The van der Waals surface area contributed by atoms with E-state index in [1.807, 2.05) is 30.3 Å². The summed E-state index contributed by atoms with van der Waals surface area (Å²) in [7, 11) is 0. The Kier molecular flexibility index (Phi) is 6.01. The van der Waals surface area contributed by atoms with Crippen LogP contribution in [0, 0.1) is 0 Å². The fourth-order valence-electron chi connectivity index (χ4n) is 2.27. The number of amides is 2. The second-order valence-electron chi connectivity index (χ2n) is 5.75. The van der Waals surface area contributed by atoms with Crippen molar-refractivity contribution in [2.75, 3.05) is 11.9 Å². The first-order chi connectivity index (χ1) is 10.6. The van der Waals surface area contributed by atoms with Crippen molar-refractivity contribution in [3.05, 3.63) is 65.7 Å². The smallest absolute Gasteiger partial charge is 0.319 e. The number of nitrogens with one attached hydrogen (secondary N) is 2. The molecule has 0 radical (unpaired) electrons. The topological polar surface area (TPSA) is 41.1 Å². The molecule has 0 saturated heterocycles. The van der Waals surface area contributed by atoms with Gasteiger partial charge < -0.3 is 10.6 Å². The van der Waals surface area contributed by atoms with Crippen molar-refractivity contribution in [1.29, 1.82) is 0 Å². The molecule has 0 aromatic heterocycles. The second-order valence-corrected chi connectivity index (χ2v) is 5.75. The van der Waals surface area contributed by atoms with Crippen molar-refractivity contribution in [2.24, 2.45) is 0 Å². The molecule has 0 spiro atoms. The van der Waals surface area contributed by atoms with Gasteiger partial charge in [-0.1, -0.05) is 56.3 Å². The van der Waals surface area contributed by atoms with Crippen molar-refractivity contribution < 1.29 is 4.79 Å². The highest BCUT2D eigenvalue weighted by Gasteiger charge is 2.02. The van der Waals surface area contributed by atoms with E-state index >= 15 is 0 Å². The molecular formula is C19H24N2O. The molecule has 2 aromatic rings. The molecular weight excluding hydrogens is 272 g/mol. The van der Waals surface area contributed by atoms with E-state index in [0.29, 0.717) is 12.5 Å². The van der Waals surface area contributed by atoms with E-state index in [0.717, 1.165) is 18.5 Å².